The fourth-order valence-corrected chi connectivity index (χ4v) is 2.94. The zero-order valence-corrected chi connectivity index (χ0v) is 12.5. The molecule has 3 rings (SSSR count). The van der Waals surface area contributed by atoms with Gasteiger partial charge in [0.15, 0.2) is 5.75 Å². The minimum Gasteiger partial charge on any atom is -0.455 e. The van der Waals surface area contributed by atoms with Gasteiger partial charge in [0.25, 0.3) is 0 Å². The van der Waals surface area contributed by atoms with Gasteiger partial charge in [-0.3, -0.25) is 0 Å². The molecule has 0 fully saturated rings. The van der Waals surface area contributed by atoms with Gasteiger partial charge in [0.1, 0.15) is 17.0 Å². The summed E-state index contributed by atoms with van der Waals surface area (Å²) < 4.78 is 7.09. The van der Waals surface area contributed by atoms with Crippen LogP contribution in [0.4, 0.5) is 5.69 Å². The average Bonchev–Trinajstić information content (AvgIpc) is 2.87. The van der Waals surface area contributed by atoms with Gasteiger partial charge in [0.2, 0.25) is 0 Å². The highest BCUT2D eigenvalue weighted by Gasteiger charge is 2.11. The molecule has 0 unspecified atom stereocenters. The molecule has 1 heterocycles. The topological polar surface area (TPSA) is 48.1 Å². The number of rotatable bonds is 2. The molecule has 0 radical (unpaired) electrons. The summed E-state index contributed by atoms with van der Waals surface area (Å²) in [6.07, 6.45) is 0. The summed E-state index contributed by atoms with van der Waals surface area (Å²) in [5.74, 6) is 1.51. The molecule has 0 amide bonds. The number of aromatic nitrogens is 1. The van der Waals surface area contributed by atoms with Crippen LogP contribution in [0.15, 0.2) is 29.8 Å². The molecule has 0 aliphatic rings. The first kappa shape index (κ1) is 12.9. The number of nitrogens with two attached hydrogens (primary N) is 1. The Kier molecular flexibility index (Phi) is 3.10. The van der Waals surface area contributed by atoms with E-state index < -0.39 is 0 Å². The zero-order chi connectivity index (χ0) is 14.3. The molecule has 0 saturated carbocycles. The van der Waals surface area contributed by atoms with Crippen molar-refractivity contribution in [1.29, 1.82) is 0 Å². The Hall–Kier alpha value is -2.07. The van der Waals surface area contributed by atoms with Crippen LogP contribution in [0.3, 0.4) is 0 Å². The monoisotopic (exact) mass is 284 g/mol. The SMILES string of the molecule is Cc1cc(C)c(C)c(Oc2ccc3scnc3c2N)c1. The lowest BCUT2D eigenvalue weighted by atomic mass is 10.1. The molecule has 3 aromatic rings. The van der Waals surface area contributed by atoms with Gasteiger partial charge in [-0.2, -0.15) is 0 Å². The third-order valence-electron chi connectivity index (χ3n) is 3.49. The number of anilines is 1. The normalized spacial score (nSPS) is 10.9. The van der Waals surface area contributed by atoms with Crippen LogP contribution in [0.1, 0.15) is 16.7 Å². The molecular formula is C16H16N2OS. The van der Waals surface area contributed by atoms with Crippen molar-refractivity contribution < 1.29 is 4.74 Å². The summed E-state index contributed by atoms with van der Waals surface area (Å²) in [4.78, 5) is 4.29. The highest BCUT2D eigenvalue weighted by atomic mass is 32.1. The van der Waals surface area contributed by atoms with Crippen LogP contribution >= 0.6 is 11.3 Å². The van der Waals surface area contributed by atoms with Crippen LogP contribution in [0.2, 0.25) is 0 Å². The van der Waals surface area contributed by atoms with E-state index >= 15 is 0 Å². The number of hydrogen-bond acceptors (Lipinski definition) is 4. The van der Waals surface area contributed by atoms with E-state index in [2.05, 4.69) is 31.8 Å². The molecule has 0 aliphatic carbocycles. The molecule has 20 heavy (non-hydrogen) atoms. The third kappa shape index (κ3) is 2.12. The third-order valence-corrected chi connectivity index (χ3v) is 4.28. The van der Waals surface area contributed by atoms with Crippen LogP contribution in [0, 0.1) is 20.8 Å². The van der Waals surface area contributed by atoms with Crippen molar-refractivity contribution in [3.8, 4) is 11.5 Å². The van der Waals surface area contributed by atoms with Crippen LogP contribution in [-0.2, 0) is 0 Å². The molecule has 4 heteroatoms. The smallest absolute Gasteiger partial charge is 0.152 e. The number of fused-ring (bicyclic) bond motifs is 1. The first-order chi connectivity index (χ1) is 9.56. The molecule has 102 valence electrons. The van der Waals surface area contributed by atoms with Crippen LogP contribution in [0.25, 0.3) is 10.2 Å². The molecule has 2 N–H and O–H groups in total. The molecule has 0 bridgehead atoms. The lowest BCUT2D eigenvalue weighted by Crippen LogP contribution is -1.96. The molecule has 3 nitrogen and oxygen atoms in total. The minimum absolute atomic E-state index is 0.599. The van der Waals surface area contributed by atoms with E-state index in [4.69, 9.17) is 10.5 Å². The lowest BCUT2D eigenvalue weighted by molar-refractivity contribution is 0.481. The van der Waals surface area contributed by atoms with Gasteiger partial charge in [-0.15, -0.1) is 11.3 Å². The first-order valence-electron chi connectivity index (χ1n) is 6.43. The molecule has 1 aromatic heterocycles. The summed E-state index contributed by atoms with van der Waals surface area (Å²) in [5, 5.41) is 0. The number of aryl methyl sites for hydroxylation is 2. The van der Waals surface area contributed by atoms with Crippen molar-refractivity contribution >= 4 is 27.2 Å². The summed E-state index contributed by atoms with van der Waals surface area (Å²) >= 11 is 1.58. The van der Waals surface area contributed by atoms with Crippen LogP contribution in [-0.4, -0.2) is 4.98 Å². The predicted molar refractivity (Wildman–Crippen MR) is 84.8 cm³/mol. The maximum absolute atomic E-state index is 6.16. The fraction of sp³-hybridized carbons (Fsp3) is 0.188. The highest BCUT2D eigenvalue weighted by molar-refractivity contribution is 7.16. The second kappa shape index (κ2) is 4.80. The second-order valence-electron chi connectivity index (χ2n) is 4.98. The minimum atomic E-state index is 0.599. The Morgan fingerprint density at radius 2 is 1.90 bits per heavy atom. The van der Waals surface area contributed by atoms with E-state index in [9.17, 15) is 0 Å². The number of nitrogen functional groups attached to an aromatic ring is 1. The van der Waals surface area contributed by atoms with Gasteiger partial charge >= 0.3 is 0 Å². The Balaban J connectivity index is 2.07. The van der Waals surface area contributed by atoms with Crippen molar-refractivity contribution in [2.45, 2.75) is 20.8 Å². The van der Waals surface area contributed by atoms with E-state index in [0.29, 0.717) is 11.4 Å². The highest BCUT2D eigenvalue weighted by Crippen LogP contribution is 2.36. The van der Waals surface area contributed by atoms with Crippen molar-refractivity contribution in [2.24, 2.45) is 0 Å². The number of hydrogen-bond donors (Lipinski definition) is 1. The Morgan fingerprint density at radius 3 is 2.70 bits per heavy atom. The quantitative estimate of drug-likeness (QED) is 0.700. The standard InChI is InChI=1S/C16H16N2OS/c1-9-6-10(2)11(3)13(7-9)19-12-4-5-14-16(15(12)17)18-8-20-14/h4-8H,17H2,1-3H3. The van der Waals surface area contributed by atoms with Crippen LogP contribution < -0.4 is 10.5 Å². The maximum Gasteiger partial charge on any atom is 0.152 e. The molecule has 0 aliphatic heterocycles. The number of ether oxygens (including phenoxy) is 1. The van der Waals surface area contributed by atoms with Gasteiger partial charge in [-0.1, -0.05) is 6.07 Å². The fourth-order valence-electron chi connectivity index (χ4n) is 2.25. The Bertz CT molecular complexity index is 793. The number of thiazole rings is 1. The largest absolute Gasteiger partial charge is 0.455 e. The van der Waals surface area contributed by atoms with Crippen molar-refractivity contribution in [1.82, 2.24) is 4.98 Å². The number of benzene rings is 2. The summed E-state index contributed by atoms with van der Waals surface area (Å²) in [6, 6.07) is 8.09. The van der Waals surface area contributed by atoms with Gasteiger partial charge in [-0.05, 0) is 55.7 Å². The van der Waals surface area contributed by atoms with E-state index in [1.807, 2.05) is 18.2 Å². The molecule has 0 spiro atoms. The van der Waals surface area contributed by atoms with Gasteiger partial charge in [0, 0.05) is 0 Å². The van der Waals surface area contributed by atoms with Gasteiger partial charge in [-0.25, -0.2) is 4.98 Å². The van der Waals surface area contributed by atoms with Crippen molar-refractivity contribution in [3.63, 3.8) is 0 Å². The Labute approximate surface area is 122 Å². The maximum atomic E-state index is 6.16. The van der Waals surface area contributed by atoms with Crippen molar-refractivity contribution in [3.05, 3.63) is 46.5 Å². The van der Waals surface area contributed by atoms with E-state index in [1.165, 1.54) is 11.1 Å². The van der Waals surface area contributed by atoms with Crippen molar-refractivity contribution in [2.75, 3.05) is 5.73 Å². The summed E-state index contributed by atoms with van der Waals surface area (Å²) in [5.41, 5.74) is 12.9. The van der Waals surface area contributed by atoms with Gasteiger partial charge in [0.05, 0.1) is 10.2 Å². The predicted octanol–water partition coefficient (Wildman–Crippen LogP) is 4.60. The Morgan fingerprint density at radius 1 is 1.10 bits per heavy atom. The molecule has 2 aromatic carbocycles. The van der Waals surface area contributed by atoms with E-state index in [1.54, 1.807) is 16.8 Å². The molecule has 0 atom stereocenters. The number of nitrogens with zero attached hydrogens (tertiary/aromatic N) is 1. The lowest BCUT2D eigenvalue weighted by Gasteiger charge is -2.13. The van der Waals surface area contributed by atoms with Gasteiger partial charge < -0.3 is 10.5 Å². The summed E-state index contributed by atoms with van der Waals surface area (Å²) in [6.45, 7) is 6.20. The van der Waals surface area contributed by atoms with E-state index in [-0.39, 0.29) is 0 Å². The molecular weight excluding hydrogens is 268 g/mol. The van der Waals surface area contributed by atoms with Crippen LogP contribution in [0.5, 0.6) is 11.5 Å². The molecule has 0 saturated heterocycles. The van der Waals surface area contributed by atoms with E-state index in [0.717, 1.165) is 21.5 Å². The first-order valence-corrected chi connectivity index (χ1v) is 7.31. The summed E-state index contributed by atoms with van der Waals surface area (Å²) in [7, 11) is 0. The second-order valence-corrected chi connectivity index (χ2v) is 5.87. The zero-order valence-electron chi connectivity index (χ0n) is 11.7. The average molecular weight is 284 g/mol.